The number of aryl methyl sites for hydroxylation is 1. The molecular weight excluding hydrogens is 208 g/mol. The lowest BCUT2D eigenvalue weighted by Crippen LogP contribution is -2.34. The first-order chi connectivity index (χ1) is 8.26. The molecule has 0 amide bonds. The Kier molecular flexibility index (Phi) is 3.93. The molecule has 0 saturated carbocycles. The number of rotatable bonds is 4. The molecule has 1 aliphatic heterocycles. The fourth-order valence-corrected chi connectivity index (χ4v) is 2.81. The highest BCUT2D eigenvalue weighted by atomic mass is 15.1. The summed E-state index contributed by atoms with van der Waals surface area (Å²) in [5.41, 5.74) is 9.84. The van der Waals surface area contributed by atoms with Crippen molar-refractivity contribution in [3.63, 3.8) is 0 Å². The fourth-order valence-electron chi connectivity index (χ4n) is 2.81. The van der Waals surface area contributed by atoms with Gasteiger partial charge in [-0.1, -0.05) is 38.8 Å². The number of nitrogen functional groups attached to an aromatic ring is 1. The van der Waals surface area contributed by atoms with Gasteiger partial charge in [0.05, 0.1) is 11.4 Å². The zero-order valence-electron chi connectivity index (χ0n) is 11.1. The van der Waals surface area contributed by atoms with Crippen molar-refractivity contribution in [2.75, 3.05) is 23.7 Å². The number of para-hydroxylation sites is 1. The van der Waals surface area contributed by atoms with Crippen LogP contribution in [0, 0.1) is 5.92 Å². The van der Waals surface area contributed by atoms with E-state index in [-0.39, 0.29) is 0 Å². The molecule has 0 radical (unpaired) electrons. The first kappa shape index (κ1) is 12.3. The van der Waals surface area contributed by atoms with E-state index in [1.165, 1.54) is 36.9 Å². The number of nitrogens with two attached hydrogens (primary N) is 1. The molecule has 0 aromatic heterocycles. The topological polar surface area (TPSA) is 29.3 Å². The smallest absolute Gasteiger partial charge is 0.0632 e. The van der Waals surface area contributed by atoms with Crippen LogP contribution in [0.4, 0.5) is 11.4 Å². The molecule has 1 heterocycles. The third kappa shape index (κ3) is 2.56. The van der Waals surface area contributed by atoms with E-state index < -0.39 is 0 Å². The highest BCUT2D eigenvalue weighted by Gasteiger charge is 2.20. The molecule has 0 aliphatic carbocycles. The Bertz CT molecular complexity index is 369. The maximum Gasteiger partial charge on any atom is 0.0632 e. The lowest BCUT2D eigenvalue weighted by atomic mass is 9.97. The van der Waals surface area contributed by atoms with Crippen molar-refractivity contribution in [3.8, 4) is 0 Å². The Morgan fingerprint density at radius 3 is 2.76 bits per heavy atom. The quantitative estimate of drug-likeness (QED) is 0.806. The van der Waals surface area contributed by atoms with Gasteiger partial charge in [0.1, 0.15) is 0 Å². The van der Waals surface area contributed by atoms with E-state index in [4.69, 9.17) is 5.73 Å². The van der Waals surface area contributed by atoms with Crippen molar-refractivity contribution >= 4 is 11.4 Å². The summed E-state index contributed by atoms with van der Waals surface area (Å²) in [5, 5.41) is 0. The largest absolute Gasteiger partial charge is 0.397 e. The average molecular weight is 232 g/mol. The van der Waals surface area contributed by atoms with Crippen molar-refractivity contribution < 1.29 is 0 Å². The van der Waals surface area contributed by atoms with Gasteiger partial charge in [0.15, 0.2) is 0 Å². The lowest BCUT2D eigenvalue weighted by molar-refractivity contribution is 0.476. The van der Waals surface area contributed by atoms with Crippen molar-refractivity contribution in [2.24, 2.45) is 5.92 Å². The highest BCUT2D eigenvalue weighted by Crippen LogP contribution is 2.33. The zero-order valence-corrected chi connectivity index (χ0v) is 11.1. The second kappa shape index (κ2) is 5.44. The number of benzene rings is 1. The molecule has 1 aromatic carbocycles. The Morgan fingerprint density at radius 2 is 2.06 bits per heavy atom. The van der Waals surface area contributed by atoms with Gasteiger partial charge in [0.25, 0.3) is 0 Å². The van der Waals surface area contributed by atoms with E-state index in [9.17, 15) is 0 Å². The maximum atomic E-state index is 6.15. The number of nitrogens with zero attached hydrogens (tertiary/aromatic N) is 1. The summed E-state index contributed by atoms with van der Waals surface area (Å²) in [6, 6.07) is 6.34. The third-order valence-corrected chi connectivity index (χ3v) is 3.97. The standard InChI is InChI=1S/C15H24N2/c1-3-12(4-2)11-17-10-6-8-13-7-5-9-14(16)15(13)17/h5,7,9,12H,3-4,6,8,10-11,16H2,1-2H3. The van der Waals surface area contributed by atoms with Crippen LogP contribution in [0.1, 0.15) is 38.7 Å². The average Bonchev–Trinajstić information content (AvgIpc) is 2.36. The van der Waals surface area contributed by atoms with Crippen LogP contribution >= 0.6 is 0 Å². The van der Waals surface area contributed by atoms with Crippen molar-refractivity contribution in [1.82, 2.24) is 0 Å². The van der Waals surface area contributed by atoms with Crippen LogP contribution < -0.4 is 10.6 Å². The molecule has 94 valence electrons. The summed E-state index contributed by atoms with van der Waals surface area (Å²) in [7, 11) is 0. The molecule has 0 atom stereocenters. The van der Waals surface area contributed by atoms with Gasteiger partial charge in [-0.25, -0.2) is 0 Å². The van der Waals surface area contributed by atoms with Gasteiger partial charge in [-0.2, -0.15) is 0 Å². The highest BCUT2D eigenvalue weighted by molar-refractivity contribution is 5.72. The minimum atomic E-state index is 0.792. The van der Waals surface area contributed by atoms with E-state index in [0.29, 0.717) is 0 Å². The predicted molar refractivity (Wildman–Crippen MR) is 75.5 cm³/mol. The van der Waals surface area contributed by atoms with Gasteiger partial charge in [-0.05, 0) is 30.4 Å². The molecule has 2 heteroatoms. The summed E-state index contributed by atoms with van der Waals surface area (Å²) < 4.78 is 0. The van der Waals surface area contributed by atoms with Crippen LogP contribution in [0.2, 0.25) is 0 Å². The maximum absolute atomic E-state index is 6.15. The van der Waals surface area contributed by atoms with E-state index in [1.807, 2.05) is 6.07 Å². The van der Waals surface area contributed by atoms with E-state index in [0.717, 1.165) is 24.7 Å². The van der Waals surface area contributed by atoms with Crippen molar-refractivity contribution in [3.05, 3.63) is 23.8 Å². The van der Waals surface area contributed by atoms with Crippen LogP contribution in [0.5, 0.6) is 0 Å². The van der Waals surface area contributed by atoms with Gasteiger partial charge in [-0.15, -0.1) is 0 Å². The molecule has 1 aromatic rings. The molecule has 0 saturated heterocycles. The van der Waals surface area contributed by atoms with Crippen LogP contribution in [-0.4, -0.2) is 13.1 Å². The first-order valence-electron chi connectivity index (χ1n) is 6.88. The monoisotopic (exact) mass is 232 g/mol. The molecule has 1 aliphatic rings. The van der Waals surface area contributed by atoms with Crippen molar-refractivity contribution in [1.29, 1.82) is 0 Å². The molecule has 2 nitrogen and oxygen atoms in total. The molecule has 0 unspecified atom stereocenters. The van der Waals surface area contributed by atoms with Crippen LogP contribution in [0.3, 0.4) is 0 Å². The van der Waals surface area contributed by atoms with Gasteiger partial charge in [0.2, 0.25) is 0 Å². The van der Waals surface area contributed by atoms with Gasteiger partial charge in [0, 0.05) is 13.1 Å². The Hall–Kier alpha value is -1.18. The minimum absolute atomic E-state index is 0.792. The number of hydrogen-bond donors (Lipinski definition) is 1. The van der Waals surface area contributed by atoms with Crippen LogP contribution in [0.25, 0.3) is 0 Å². The summed E-state index contributed by atoms with van der Waals surface area (Å²) in [4.78, 5) is 2.51. The van der Waals surface area contributed by atoms with Gasteiger partial charge in [-0.3, -0.25) is 0 Å². The fraction of sp³-hybridized carbons (Fsp3) is 0.600. The van der Waals surface area contributed by atoms with E-state index in [2.05, 4.69) is 30.9 Å². The molecule has 2 rings (SSSR count). The Balaban J connectivity index is 2.22. The van der Waals surface area contributed by atoms with Crippen LogP contribution in [0.15, 0.2) is 18.2 Å². The van der Waals surface area contributed by atoms with E-state index >= 15 is 0 Å². The first-order valence-corrected chi connectivity index (χ1v) is 6.88. The zero-order chi connectivity index (χ0) is 12.3. The Labute approximate surface area is 105 Å². The second-order valence-electron chi connectivity index (χ2n) is 5.09. The van der Waals surface area contributed by atoms with E-state index in [1.54, 1.807) is 0 Å². The SMILES string of the molecule is CCC(CC)CN1CCCc2cccc(N)c21. The molecular formula is C15H24N2. The third-order valence-electron chi connectivity index (χ3n) is 3.97. The summed E-state index contributed by atoms with van der Waals surface area (Å²) >= 11 is 0. The number of fused-ring (bicyclic) bond motifs is 1. The molecule has 0 bridgehead atoms. The molecule has 17 heavy (non-hydrogen) atoms. The summed E-state index contributed by atoms with van der Waals surface area (Å²) in [5.74, 6) is 0.792. The van der Waals surface area contributed by atoms with Gasteiger partial charge >= 0.3 is 0 Å². The number of hydrogen-bond acceptors (Lipinski definition) is 2. The van der Waals surface area contributed by atoms with Crippen molar-refractivity contribution in [2.45, 2.75) is 39.5 Å². The van der Waals surface area contributed by atoms with Gasteiger partial charge < -0.3 is 10.6 Å². The molecule has 0 spiro atoms. The Morgan fingerprint density at radius 1 is 1.29 bits per heavy atom. The molecule has 0 fully saturated rings. The lowest BCUT2D eigenvalue weighted by Gasteiger charge is -2.34. The van der Waals surface area contributed by atoms with Crippen LogP contribution in [-0.2, 0) is 6.42 Å². The minimum Gasteiger partial charge on any atom is -0.397 e. The normalized spacial score (nSPS) is 15.1. The summed E-state index contributed by atoms with van der Waals surface area (Å²) in [6.07, 6.45) is 4.96. The summed E-state index contributed by atoms with van der Waals surface area (Å²) in [6.45, 7) is 6.90. The number of anilines is 2. The second-order valence-corrected chi connectivity index (χ2v) is 5.09. The predicted octanol–water partition coefficient (Wildman–Crippen LogP) is 3.46. The molecule has 2 N–H and O–H groups in total.